The minimum Gasteiger partial charge on any atom is -0.349 e. The second-order valence-electron chi connectivity index (χ2n) is 5.36. The topological polar surface area (TPSA) is 46.4 Å². The van der Waals surface area contributed by atoms with Crippen LogP contribution in [0.2, 0.25) is 0 Å². The highest BCUT2D eigenvalue weighted by molar-refractivity contribution is 7.15. The van der Waals surface area contributed by atoms with Crippen LogP contribution in [0.5, 0.6) is 0 Å². The third-order valence-electron chi connectivity index (χ3n) is 3.95. The van der Waals surface area contributed by atoms with Gasteiger partial charge in [0.15, 0.2) is 4.96 Å². The minimum atomic E-state index is 0.0439. The summed E-state index contributed by atoms with van der Waals surface area (Å²) >= 11 is 1.58. The number of imidazole rings is 1. The second-order valence-corrected chi connectivity index (χ2v) is 6.23. The third-order valence-corrected chi connectivity index (χ3v) is 4.72. The molecular weight excluding hydrogens is 282 g/mol. The Morgan fingerprint density at radius 3 is 3.24 bits per heavy atom. The number of hydrogen-bond acceptors (Lipinski definition) is 3. The zero-order valence-electron chi connectivity index (χ0n) is 11.5. The number of hydrogen-bond donors (Lipinski definition) is 1. The Morgan fingerprint density at radius 1 is 1.43 bits per heavy atom. The number of nitrogens with zero attached hydrogens (tertiary/aromatic N) is 2. The van der Waals surface area contributed by atoms with Crippen molar-refractivity contribution in [3.63, 3.8) is 0 Å². The predicted molar refractivity (Wildman–Crippen MR) is 82.4 cm³/mol. The van der Waals surface area contributed by atoms with Crippen molar-refractivity contribution >= 4 is 22.2 Å². The number of fused-ring (bicyclic) bond motifs is 2. The highest BCUT2D eigenvalue weighted by atomic mass is 32.1. The van der Waals surface area contributed by atoms with Gasteiger partial charge in [0.25, 0.3) is 0 Å². The van der Waals surface area contributed by atoms with E-state index in [0.29, 0.717) is 6.42 Å². The average Bonchev–Trinajstić information content (AvgIpc) is 3.14. The molecule has 2 aromatic heterocycles. The van der Waals surface area contributed by atoms with E-state index in [1.165, 1.54) is 11.1 Å². The SMILES string of the molecule is O=C(Cc1cn2ccsc2n1)NC1CCc2ccccc21. The van der Waals surface area contributed by atoms with Crippen LogP contribution in [0.25, 0.3) is 4.96 Å². The zero-order chi connectivity index (χ0) is 14.2. The molecule has 1 aliphatic rings. The molecule has 1 aromatic carbocycles. The molecule has 5 heteroatoms. The zero-order valence-corrected chi connectivity index (χ0v) is 12.3. The van der Waals surface area contributed by atoms with Gasteiger partial charge in [0, 0.05) is 17.8 Å². The van der Waals surface area contributed by atoms with Crippen molar-refractivity contribution in [2.75, 3.05) is 0 Å². The summed E-state index contributed by atoms with van der Waals surface area (Å²) in [5, 5.41) is 5.12. The summed E-state index contributed by atoms with van der Waals surface area (Å²) in [5.74, 6) is 0.0439. The molecule has 2 heterocycles. The lowest BCUT2D eigenvalue weighted by atomic mass is 10.1. The van der Waals surface area contributed by atoms with Gasteiger partial charge in [-0.15, -0.1) is 11.3 Å². The standard InChI is InChI=1S/C16H15N3OS/c20-15(9-12-10-19-7-8-21-16(19)17-12)18-14-6-5-11-3-1-2-4-13(11)14/h1-4,7-8,10,14H,5-6,9H2,(H,18,20). The molecule has 0 fully saturated rings. The molecule has 0 aliphatic heterocycles. The molecule has 0 radical (unpaired) electrons. The minimum absolute atomic E-state index is 0.0439. The summed E-state index contributed by atoms with van der Waals surface area (Å²) in [5.41, 5.74) is 3.44. The first-order chi connectivity index (χ1) is 10.3. The fourth-order valence-electron chi connectivity index (χ4n) is 2.98. The Balaban J connectivity index is 1.46. The van der Waals surface area contributed by atoms with Crippen LogP contribution in [0.1, 0.15) is 29.3 Å². The van der Waals surface area contributed by atoms with Crippen molar-refractivity contribution in [2.45, 2.75) is 25.3 Å². The van der Waals surface area contributed by atoms with E-state index in [1.807, 2.05) is 28.2 Å². The molecule has 1 atom stereocenters. The first-order valence-corrected chi connectivity index (χ1v) is 7.96. The van der Waals surface area contributed by atoms with E-state index >= 15 is 0 Å². The molecule has 3 aromatic rings. The summed E-state index contributed by atoms with van der Waals surface area (Å²) in [6, 6.07) is 8.50. The normalized spacial score (nSPS) is 17.0. The number of aromatic nitrogens is 2. The first kappa shape index (κ1) is 12.6. The summed E-state index contributed by atoms with van der Waals surface area (Å²) in [4.78, 5) is 17.6. The lowest BCUT2D eigenvalue weighted by molar-refractivity contribution is -0.121. The van der Waals surface area contributed by atoms with Gasteiger partial charge in [-0.3, -0.25) is 9.20 Å². The molecule has 0 spiro atoms. The molecule has 4 rings (SSSR count). The maximum atomic E-state index is 12.2. The molecule has 4 nitrogen and oxygen atoms in total. The van der Waals surface area contributed by atoms with E-state index in [9.17, 15) is 4.79 Å². The van der Waals surface area contributed by atoms with Crippen LogP contribution in [0.3, 0.4) is 0 Å². The Bertz CT molecular complexity index is 776. The number of carbonyl (C=O) groups is 1. The van der Waals surface area contributed by atoms with Gasteiger partial charge in [0.2, 0.25) is 5.91 Å². The maximum Gasteiger partial charge on any atom is 0.226 e. The van der Waals surface area contributed by atoms with Crippen LogP contribution < -0.4 is 5.32 Å². The molecule has 1 N–H and O–H groups in total. The monoisotopic (exact) mass is 297 g/mol. The van der Waals surface area contributed by atoms with Crippen LogP contribution in [0.4, 0.5) is 0 Å². The van der Waals surface area contributed by atoms with E-state index < -0.39 is 0 Å². The van der Waals surface area contributed by atoms with Crippen LogP contribution in [0.15, 0.2) is 42.0 Å². The number of thiazole rings is 1. The van der Waals surface area contributed by atoms with Crippen molar-refractivity contribution < 1.29 is 4.79 Å². The van der Waals surface area contributed by atoms with Crippen LogP contribution in [-0.4, -0.2) is 15.3 Å². The molecule has 1 unspecified atom stereocenters. The fraction of sp³-hybridized carbons (Fsp3) is 0.250. The maximum absolute atomic E-state index is 12.2. The van der Waals surface area contributed by atoms with E-state index in [1.54, 1.807) is 11.3 Å². The van der Waals surface area contributed by atoms with Crippen LogP contribution in [-0.2, 0) is 17.6 Å². The Labute approximate surface area is 126 Å². The molecule has 106 valence electrons. The number of rotatable bonds is 3. The smallest absolute Gasteiger partial charge is 0.226 e. The Morgan fingerprint density at radius 2 is 2.33 bits per heavy atom. The lowest BCUT2D eigenvalue weighted by Crippen LogP contribution is -2.28. The highest BCUT2D eigenvalue weighted by Gasteiger charge is 2.23. The van der Waals surface area contributed by atoms with Gasteiger partial charge in [-0.2, -0.15) is 0 Å². The van der Waals surface area contributed by atoms with Gasteiger partial charge in [-0.1, -0.05) is 24.3 Å². The second kappa shape index (κ2) is 5.00. The largest absolute Gasteiger partial charge is 0.349 e. The van der Waals surface area contributed by atoms with Gasteiger partial charge >= 0.3 is 0 Å². The van der Waals surface area contributed by atoms with Gasteiger partial charge in [-0.25, -0.2) is 4.98 Å². The molecule has 21 heavy (non-hydrogen) atoms. The molecule has 0 bridgehead atoms. The lowest BCUT2D eigenvalue weighted by Gasteiger charge is -2.13. The van der Waals surface area contributed by atoms with Crippen molar-refractivity contribution in [3.05, 3.63) is 58.9 Å². The summed E-state index contributed by atoms with van der Waals surface area (Å²) < 4.78 is 1.96. The van der Waals surface area contributed by atoms with Crippen LogP contribution in [0, 0.1) is 0 Å². The highest BCUT2D eigenvalue weighted by Crippen LogP contribution is 2.30. The van der Waals surface area contributed by atoms with E-state index in [0.717, 1.165) is 23.5 Å². The van der Waals surface area contributed by atoms with Gasteiger partial charge in [0.05, 0.1) is 18.2 Å². The number of nitrogens with one attached hydrogen (secondary N) is 1. The quantitative estimate of drug-likeness (QED) is 0.808. The van der Waals surface area contributed by atoms with Gasteiger partial charge < -0.3 is 5.32 Å². The van der Waals surface area contributed by atoms with Crippen molar-refractivity contribution in [2.24, 2.45) is 0 Å². The molecule has 1 amide bonds. The number of amides is 1. The summed E-state index contributed by atoms with van der Waals surface area (Å²) in [6.45, 7) is 0. The Kier molecular flexibility index (Phi) is 3.00. The molecule has 0 saturated carbocycles. The molecule has 1 aliphatic carbocycles. The molecule has 0 saturated heterocycles. The van der Waals surface area contributed by atoms with Crippen molar-refractivity contribution in [1.82, 2.24) is 14.7 Å². The van der Waals surface area contributed by atoms with E-state index in [2.05, 4.69) is 28.5 Å². The van der Waals surface area contributed by atoms with Gasteiger partial charge in [-0.05, 0) is 24.0 Å². The number of benzene rings is 1. The number of aryl methyl sites for hydroxylation is 1. The Hall–Kier alpha value is -2.14. The van der Waals surface area contributed by atoms with Crippen molar-refractivity contribution in [1.29, 1.82) is 0 Å². The number of carbonyl (C=O) groups excluding carboxylic acids is 1. The van der Waals surface area contributed by atoms with E-state index in [-0.39, 0.29) is 11.9 Å². The predicted octanol–water partition coefficient (Wildman–Crippen LogP) is 2.74. The first-order valence-electron chi connectivity index (χ1n) is 7.08. The van der Waals surface area contributed by atoms with Crippen LogP contribution >= 0.6 is 11.3 Å². The summed E-state index contributed by atoms with van der Waals surface area (Å²) in [7, 11) is 0. The summed E-state index contributed by atoms with van der Waals surface area (Å²) in [6.07, 6.45) is 6.26. The van der Waals surface area contributed by atoms with Gasteiger partial charge in [0.1, 0.15) is 0 Å². The van der Waals surface area contributed by atoms with E-state index in [4.69, 9.17) is 0 Å². The average molecular weight is 297 g/mol. The fourth-order valence-corrected chi connectivity index (χ4v) is 3.70. The molecular formula is C16H15N3OS. The third kappa shape index (κ3) is 2.34. The van der Waals surface area contributed by atoms with Crippen molar-refractivity contribution in [3.8, 4) is 0 Å².